The van der Waals surface area contributed by atoms with Crippen molar-refractivity contribution in [1.82, 2.24) is 5.32 Å². The first-order valence-corrected chi connectivity index (χ1v) is 8.54. The van der Waals surface area contributed by atoms with Crippen molar-refractivity contribution in [3.05, 3.63) is 70.2 Å². The number of ether oxygens (including phenoxy) is 1. The van der Waals surface area contributed by atoms with Crippen LogP contribution in [0.25, 0.3) is 0 Å². The molecule has 0 bridgehead atoms. The maximum Gasteiger partial charge on any atom is 0.328 e. The van der Waals surface area contributed by atoms with Crippen LogP contribution in [0.1, 0.15) is 17.5 Å². The van der Waals surface area contributed by atoms with Crippen LogP contribution < -0.4 is 5.32 Å². The first kappa shape index (κ1) is 18.2. The summed E-state index contributed by atoms with van der Waals surface area (Å²) < 4.78 is 5.72. The van der Waals surface area contributed by atoms with Crippen LogP contribution in [0.2, 0.25) is 0 Å². The molecule has 0 heterocycles. The van der Waals surface area contributed by atoms with E-state index in [4.69, 9.17) is 4.74 Å². The van der Waals surface area contributed by atoms with Crippen LogP contribution in [-0.2, 0) is 27.2 Å². The molecule has 5 heteroatoms. The molecule has 126 valence electrons. The number of esters is 1. The molecule has 0 aliphatic rings. The fraction of sp³-hybridized carbons (Fsp3) is 0.263. The van der Waals surface area contributed by atoms with Crippen LogP contribution in [0.4, 0.5) is 0 Å². The molecule has 1 N–H and O–H groups in total. The van der Waals surface area contributed by atoms with Gasteiger partial charge in [-0.3, -0.25) is 4.79 Å². The average molecular weight is 390 g/mol. The van der Waals surface area contributed by atoms with Gasteiger partial charge < -0.3 is 10.1 Å². The number of nitrogens with one attached hydrogen (secondary N) is 1. The fourth-order valence-corrected chi connectivity index (χ4v) is 2.84. The Balaban J connectivity index is 1.97. The summed E-state index contributed by atoms with van der Waals surface area (Å²) in [4.78, 5) is 24.2. The van der Waals surface area contributed by atoms with Crippen LogP contribution in [0.3, 0.4) is 0 Å². The summed E-state index contributed by atoms with van der Waals surface area (Å²) >= 11 is 3.46. The summed E-state index contributed by atoms with van der Waals surface area (Å²) in [5, 5.41) is 2.78. The highest BCUT2D eigenvalue weighted by atomic mass is 79.9. The van der Waals surface area contributed by atoms with Crippen molar-refractivity contribution in [3.63, 3.8) is 0 Å². The Morgan fingerprint density at radius 2 is 1.75 bits per heavy atom. The van der Waals surface area contributed by atoms with Gasteiger partial charge in [0.15, 0.2) is 0 Å². The molecule has 2 aromatic rings. The normalized spacial score (nSPS) is 11.6. The van der Waals surface area contributed by atoms with Gasteiger partial charge in [-0.15, -0.1) is 0 Å². The van der Waals surface area contributed by atoms with Crippen LogP contribution in [0.15, 0.2) is 59.1 Å². The van der Waals surface area contributed by atoms with Crippen molar-refractivity contribution < 1.29 is 14.3 Å². The molecular formula is C19H20BrNO3. The highest BCUT2D eigenvalue weighted by Crippen LogP contribution is 2.18. The molecule has 1 atom stereocenters. The van der Waals surface area contributed by atoms with E-state index in [1.165, 1.54) is 7.11 Å². The molecule has 0 radical (unpaired) electrons. The van der Waals surface area contributed by atoms with Crippen molar-refractivity contribution >= 4 is 27.8 Å². The zero-order valence-corrected chi connectivity index (χ0v) is 15.1. The van der Waals surface area contributed by atoms with Crippen LogP contribution in [0, 0.1) is 0 Å². The summed E-state index contributed by atoms with van der Waals surface area (Å²) in [6.45, 7) is 0. The molecule has 1 amide bonds. The van der Waals surface area contributed by atoms with E-state index in [1.54, 1.807) is 0 Å². The second kappa shape index (κ2) is 9.23. The zero-order valence-electron chi connectivity index (χ0n) is 13.5. The molecule has 0 saturated heterocycles. The first-order chi connectivity index (χ1) is 11.6. The van der Waals surface area contributed by atoms with E-state index in [2.05, 4.69) is 21.2 Å². The number of halogens is 1. The summed E-state index contributed by atoms with van der Waals surface area (Å²) in [6.07, 6.45) is 1.34. The molecule has 4 nitrogen and oxygen atoms in total. The number of hydrogen-bond acceptors (Lipinski definition) is 3. The number of hydrogen-bond donors (Lipinski definition) is 1. The first-order valence-electron chi connectivity index (χ1n) is 7.74. The summed E-state index contributed by atoms with van der Waals surface area (Å²) in [6, 6.07) is 16.7. The minimum atomic E-state index is -0.697. The Kier molecular flexibility index (Phi) is 7.00. The van der Waals surface area contributed by atoms with Gasteiger partial charge in [0.25, 0.3) is 0 Å². The third-order valence-corrected chi connectivity index (χ3v) is 4.46. The van der Waals surface area contributed by atoms with E-state index in [0.717, 1.165) is 15.6 Å². The van der Waals surface area contributed by atoms with Gasteiger partial charge in [0.2, 0.25) is 5.91 Å². The van der Waals surface area contributed by atoms with Crippen molar-refractivity contribution in [2.45, 2.75) is 25.3 Å². The molecular weight excluding hydrogens is 370 g/mol. The zero-order chi connectivity index (χ0) is 17.4. The molecule has 2 rings (SSSR count). The fourth-order valence-electron chi connectivity index (χ4n) is 2.39. The molecule has 0 saturated carbocycles. The Labute approximate surface area is 150 Å². The van der Waals surface area contributed by atoms with Gasteiger partial charge in [0, 0.05) is 17.3 Å². The molecule has 24 heavy (non-hydrogen) atoms. The number of carbonyl (C=O) groups excluding carboxylic acids is 2. The predicted molar refractivity (Wildman–Crippen MR) is 96.6 cm³/mol. The molecule has 0 aromatic heterocycles. The van der Waals surface area contributed by atoms with Gasteiger partial charge in [-0.2, -0.15) is 0 Å². The number of benzene rings is 2. The Morgan fingerprint density at radius 1 is 1.08 bits per heavy atom. The van der Waals surface area contributed by atoms with Gasteiger partial charge in [-0.1, -0.05) is 64.5 Å². The quantitative estimate of drug-likeness (QED) is 0.739. The highest BCUT2D eigenvalue weighted by Gasteiger charge is 2.22. The molecule has 0 unspecified atom stereocenters. The minimum Gasteiger partial charge on any atom is -0.467 e. The standard InChI is InChI=1S/C19H20BrNO3/c1-24-19(23)17(13-15-9-5-6-10-16(15)20)21-18(22)12-11-14-7-3-2-4-8-14/h2-10,17H,11-13H2,1H3,(H,21,22)/t17-/m1/s1. The van der Waals surface area contributed by atoms with Gasteiger partial charge >= 0.3 is 5.97 Å². The topological polar surface area (TPSA) is 55.4 Å². The van der Waals surface area contributed by atoms with Crippen molar-refractivity contribution in [3.8, 4) is 0 Å². The monoisotopic (exact) mass is 389 g/mol. The maximum atomic E-state index is 12.2. The lowest BCUT2D eigenvalue weighted by Crippen LogP contribution is -2.43. The van der Waals surface area contributed by atoms with Gasteiger partial charge in [-0.25, -0.2) is 4.79 Å². The third-order valence-electron chi connectivity index (χ3n) is 3.69. The lowest BCUT2D eigenvalue weighted by atomic mass is 10.1. The third kappa shape index (κ3) is 5.49. The highest BCUT2D eigenvalue weighted by molar-refractivity contribution is 9.10. The van der Waals surface area contributed by atoms with E-state index in [1.807, 2.05) is 54.6 Å². The summed E-state index contributed by atoms with van der Waals surface area (Å²) in [5.74, 6) is -0.611. The van der Waals surface area contributed by atoms with Crippen LogP contribution in [-0.4, -0.2) is 25.0 Å². The van der Waals surface area contributed by atoms with Gasteiger partial charge in [-0.05, 0) is 23.6 Å². The Bertz CT molecular complexity index is 688. The predicted octanol–water partition coefficient (Wildman–Crippen LogP) is 3.28. The van der Waals surface area contributed by atoms with Crippen molar-refractivity contribution in [2.75, 3.05) is 7.11 Å². The van der Waals surface area contributed by atoms with Crippen molar-refractivity contribution in [2.24, 2.45) is 0 Å². The summed E-state index contributed by atoms with van der Waals surface area (Å²) in [7, 11) is 1.32. The molecule has 2 aromatic carbocycles. The maximum absolute atomic E-state index is 12.2. The van der Waals surface area contributed by atoms with E-state index < -0.39 is 12.0 Å². The van der Waals surface area contributed by atoms with E-state index in [0.29, 0.717) is 19.3 Å². The number of rotatable bonds is 7. The molecule has 0 fully saturated rings. The molecule has 0 aliphatic heterocycles. The lowest BCUT2D eigenvalue weighted by Gasteiger charge is -2.17. The number of carbonyl (C=O) groups is 2. The lowest BCUT2D eigenvalue weighted by molar-refractivity contribution is -0.145. The van der Waals surface area contributed by atoms with Crippen LogP contribution in [0.5, 0.6) is 0 Å². The van der Waals surface area contributed by atoms with Gasteiger partial charge in [0.05, 0.1) is 7.11 Å². The number of methoxy groups -OCH3 is 1. The van der Waals surface area contributed by atoms with Crippen molar-refractivity contribution in [1.29, 1.82) is 0 Å². The Hall–Kier alpha value is -2.14. The Morgan fingerprint density at radius 3 is 2.42 bits per heavy atom. The smallest absolute Gasteiger partial charge is 0.328 e. The second-order valence-corrected chi connectivity index (χ2v) is 6.28. The molecule has 0 spiro atoms. The second-order valence-electron chi connectivity index (χ2n) is 5.42. The van der Waals surface area contributed by atoms with Gasteiger partial charge in [0.1, 0.15) is 6.04 Å². The van der Waals surface area contributed by atoms with E-state index in [9.17, 15) is 9.59 Å². The summed E-state index contributed by atoms with van der Waals surface area (Å²) in [5.41, 5.74) is 2.03. The number of amides is 1. The van der Waals surface area contributed by atoms with E-state index in [-0.39, 0.29) is 5.91 Å². The SMILES string of the molecule is COC(=O)[C@@H](Cc1ccccc1Br)NC(=O)CCc1ccccc1. The average Bonchev–Trinajstić information content (AvgIpc) is 2.61. The minimum absolute atomic E-state index is 0.165. The van der Waals surface area contributed by atoms with Crippen LogP contribution >= 0.6 is 15.9 Å². The number of aryl methyl sites for hydroxylation is 1. The molecule has 0 aliphatic carbocycles. The largest absolute Gasteiger partial charge is 0.467 e. The van der Waals surface area contributed by atoms with E-state index >= 15 is 0 Å².